The smallest absolute Gasteiger partial charge is 0.325 e. The van der Waals surface area contributed by atoms with Crippen molar-refractivity contribution in [3.8, 4) is 0 Å². The molecule has 0 saturated heterocycles. The number of benzene rings is 2. The summed E-state index contributed by atoms with van der Waals surface area (Å²) in [6.07, 6.45) is -4.37. The molecule has 0 spiro atoms. The fourth-order valence-corrected chi connectivity index (χ4v) is 4.60. The number of halogens is 4. The third-order valence-corrected chi connectivity index (χ3v) is 6.42. The first-order valence-corrected chi connectivity index (χ1v) is 10.5. The monoisotopic (exact) mass is 448 g/mol. The van der Waals surface area contributed by atoms with Crippen LogP contribution in [-0.4, -0.2) is 31.7 Å². The van der Waals surface area contributed by atoms with Crippen molar-refractivity contribution in [3.05, 3.63) is 58.6 Å². The maximum absolute atomic E-state index is 13.0. The maximum atomic E-state index is 13.0. The van der Waals surface area contributed by atoms with Gasteiger partial charge in [-0.25, -0.2) is 8.42 Å². The SMILES string of the molecule is CCCN(CC(=O)Nc1ccccc1C)S(=O)(=O)c1cc(C(F)(F)F)ccc1Cl. The van der Waals surface area contributed by atoms with Crippen LogP contribution in [0.15, 0.2) is 47.4 Å². The minimum atomic E-state index is -4.73. The highest BCUT2D eigenvalue weighted by molar-refractivity contribution is 7.89. The zero-order valence-electron chi connectivity index (χ0n) is 15.8. The van der Waals surface area contributed by atoms with E-state index in [1.54, 1.807) is 38.1 Å². The highest BCUT2D eigenvalue weighted by Gasteiger charge is 2.34. The first kappa shape index (κ1) is 23.2. The molecule has 0 aromatic heterocycles. The van der Waals surface area contributed by atoms with Crippen LogP contribution in [0.4, 0.5) is 18.9 Å². The number of aryl methyl sites for hydroxylation is 1. The van der Waals surface area contributed by atoms with Gasteiger partial charge in [0.05, 0.1) is 17.1 Å². The molecule has 2 rings (SSSR count). The molecule has 0 aliphatic heterocycles. The molecule has 0 heterocycles. The van der Waals surface area contributed by atoms with Crippen molar-refractivity contribution in [2.75, 3.05) is 18.4 Å². The largest absolute Gasteiger partial charge is 0.416 e. The van der Waals surface area contributed by atoms with Gasteiger partial charge >= 0.3 is 6.18 Å². The summed E-state index contributed by atoms with van der Waals surface area (Å²) in [4.78, 5) is 11.7. The van der Waals surface area contributed by atoms with Crippen molar-refractivity contribution in [1.29, 1.82) is 0 Å². The van der Waals surface area contributed by atoms with Crippen LogP contribution in [0.3, 0.4) is 0 Å². The molecule has 0 aliphatic carbocycles. The van der Waals surface area contributed by atoms with Crippen LogP contribution in [0.2, 0.25) is 5.02 Å². The number of anilines is 1. The average molecular weight is 449 g/mol. The molecule has 2 aromatic carbocycles. The number of rotatable bonds is 7. The Bertz CT molecular complexity index is 994. The highest BCUT2D eigenvalue weighted by Crippen LogP contribution is 2.34. The van der Waals surface area contributed by atoms with Gasteiger partial charge in [0.25, 0.3) is 0 Å². The lowest BCUT2D eigenvalue weighted by molar-refractivity contribution is -0.137. The Morgan fingerprint density at radius 2 is 1.83 bits per heavy atom. The van der Waals surface area contributed by atoms with E-state index < -0.39 is 39.1 Å². The van der Waals surface area contributed by atoms with Gasteiger partial charge in [-0.1, -0.05) is 36.7 Å². The predicted molar refractivity (Wildman–Crippen MR) is 105 cm³/mol. The number of alkyl halides is 3. The molecule has 0 aliphatic rings. The van der Waals surface area contributed by atoms with Gasteiger partial charge in [-0.2, -0.15) is 17.5 Å². The number of hydrogen-bond donors (Lipinski definition) is 1. The lowest BCUT2D eigenvalue weighted by Crippen LogP contribution is -2.38. The van der Waals surface area contributed by atoms with E-state index in [-0.39, 0.29) is 11.6 Å². The molecular weight excluding hydrogens is 429 g/mol. The number of carbonyl (C=O) groups excluding carboxylic acids is 1. The van der Waals surface area contributed by atoms with Crippen LogP contribution >= 0.6 is 11.6 Å². The third-order valence-electron chi connectivity index (χ3n) is 4.09. The van der Waals surface area contributed by atoms with Gasteiger partial charge in [0.1, 0.15) is 4.90 Å². The summed E-state index contributed by atoms with van der Waals surface area (Å²) in [6.45, 7) is 2.85. The summed E-state index contributed by atoms with van der Waals surface area (Å²) in [5.41, 5.74) is 0.163. The minimum Gasteiger partial charge on any atom is -0.325 e. The second-order valence-corrected chi connectivity index (χ2v) is 8.66. The van der Waals surface area contributed by atoms with Gasteiger partial charge in [-0.05, 0) is 43.2 Å². The Morgan fingerprint density at radius 3 is 2.41 bits per heavy atom. The minimum absolute atomic E-state index is 0.0594. The van der Waals surface area contributed by atoms with Crippen LogP contribution in [0.1, 0.15) is 24.5 Å². The normalized spacial score (nSPS) is 12.2. The van der Waals surface area contributed by atoms with Crippen molar-refractivity contribution in [1.82, 2.24) is 4.31 Å². The van der Waals surface area contributed by atoms with Crippen molar-refractivity contribution < 1.29 is 26.4 Å². The highest BCUT2D eigenvalue weighted by atomic mass is 35.5. The molecule has 158 valence electrons. The third kappa shape index (κ3) is 5.71. The molecule has 0 saturated carbocycles. The van der Waals surface area contributed by atoms with Crippen LogP contribution in [0.5, 0.6) is 0 Å². The summed E-state index contributed by atoms with van der Waals surface area (Å²) in [7, 11) is -4.43. The number of para-hydroxylation sites is 1. The van der Waals surface area contributed by atoms with E-state index in [1.807, 2.05) is 0 Å². The van der Waals surface area contributed by atoms with Crippen LogP contribution in [0.25, 0.3) is 0 Å². The first-order valence-electron chi connectivity index (χ1n) is 8.69. The van der Waals surface area contributed by atoms with Gasteiger partial charge in [0.15, 0.2) is 0 Å². The zero-order chi connectivity index (χ0) is 21.8. The van der Waals surface area contributed by atoms with E-state index in [1.165, 1.54) is 0 Å². The first-order chi connectivity index (χ1) is 13.5. The van der Waals surface area contributed by atoms with Crippen molar-refractivity contribution in [2.24, 2.45) is 0 Å². The van der Waals surface area contributed by atoms with Crippen LogP contribution in [0, 0.1) is 6.92 Å². The van der Waals surface area contributed by atoms with Crippen molar-refractivity contribution in [2.45, 2.75) is 31.3 Å². The molecule has 2 aromatic rings. The summed E-state index contributed by atoms with van der Waals surface area (Å²) in [6, 6.07) is 9.01. The van der Waals surface area contributed by atoms with Gasteiger partial charge in [0, 0.05) is 12.2 Å². The average Bonchev–Trinajstić information content (AvgIpc) is 2.62. The van der Waals surface area contributed by atoms with E-state index in [2.05, 4.69) is 5.32 Å². The van der Waals surface area contributed by atoms with Gasteiger partial charge in [-0.15, -0.1) is 0 Å². The maximum Gasteiger partial charge on any atom is 0.416 e. The summed E-state index contributed by atoms with van der Waals surface area (Å²) in [5.74, 6) is -0.612. The predicted octanol–water partition coefficient (Wildman–Crippen LogP) is 4.71. The quantitative estimate of drug-likeness (QED) is 0.667. The number of carbonyl (C=O) groups is 1. The number of amides is 1. The number of sulfonamides is 1. The molecule has 5 nitrogen and oxygen atoms in total. The molecule has 0 atom stereocenters. The van der Waals surface area contributed by atoms with Gasteiger partial charge in [0.2, 0.25) is 15.9 Å². The second-order valence-electron chi connectivity index (χ2n) is 6.34. The fraction of sp³-hybridized carbons (Fsp3) is 0.316. The molecule has 1 amide bonds. The molecule has 10 heteroatoms. The lowest BCUT2D eigenvalue weighted by Gasteiger charge is -2.22. The van der Waals surface area contributed by atoms with E-state index in [0.717, 1.165) is 15.9 Å². The molecule has 0 bridgehead atoms. The summed E-state index contributed by atoms with van der Waals surface area (Å²) < 4.78 is 65.8. The Balaban J connectivity index is 2.34. The lowest BCUT2D eigenvalue weighted by atomic mass is 10.2. The Labute approximate surface area is 172 Å². The molecule has 1 N–H and O–H groups in total. The molecule has 29 heavy (non-hydrogen) atoms. The van der Waals surface area contributed by atoms with E-state index in [0.29, 0.717) is 24.2 Å². The number of hydrogen-bond acceptors (Lipinski definition) is 3. The Hall–Kier alpha value is -2.10. The molecule has 0 radical (unpaired) electrons. The van der Waals surface area contributed by atoms with Crippen molar-refractivity contribution >= 4 is 33.2 Å². The van der Waals surface area contributed by atoms with Gasteiger partial charge < -0.3 is 5.32 Å². The number of nitrogens with one attached hydrogen (secondary N) is 1. The topological polar surface area (TPSA) is 66.5 Å². The Morgan fingerprint density at radius 1 is 1.17 bits per heavy atom. The molecular formula is C19H20ClF3N2O3S. The number of nitrogens with zero attached hydrogens (tertiary/aromatic N) is 1. The van der Waals surface area contributed by atoms with E-state index in [9.17, 15) is 26.4 Å². The standard InChI is InChI=1S/C19H20ClF3N2O3S/c1-3-10-25(12-18(26)24-16-7-5-4-6-13(16)2)29(27,28)17-11-14(19(21,22)23)8-9-15(17)20/h4-9,11H,3,10,12H2,1-2H3,(H,24,26). The van der Waals surface area contributed by atoms with E-state index in [4.69, 9.17) is 11.6 Å². The fourth-order valence-electron chi connectivity index (χ4n) is 2.61. The molecule has 0 fully saturated rings. The summed E-state index contributed by atoms with van der Waals surface area (Å²) in [5, 5.41) is 2.27. The Kier molecular flexibility index (Phi) is 7.31. The van der Waals surface area contributed by atoms with Crippen LogP contribution in [-0.2, 0) is 21.0 Å². The van der Waals surface area contributed by atoms with Crippen molar-refractivity contribution in [3.63, 3.8) is 0 Å². The van der Waals surface area contributed by atoms with Crippen LogP contribution < -0.4 is 5.32 Å². The zero-order valence-corrected chi connectivity index (χ0v) is 17.3. The summed E-state index contributed by atoms with van der Waals surface area (Å²) >= 11 is 5.89. The van der Waals surface area contributed by atoms with E-state index >= 15 is 0 Å². The molecule has 0 unspecified atom stereocenters. The van der Waals surface area contributed by atoms with Gasteiger partial charge in [-0.3, -0.25) is 4.79 Å². The second kappa shape index (κ2) is 9.15.